The number of imidazole rings is 1. The van der Waals surface area contributed by atoms with Gasteiger partial charge in [0.15, 0.2) is 0 Å². The van der Waals surface area contributed by atoms with Gasteiger partial charge in [0.2, 0.25) is 5.78 Å². The molecule has 0 unspecified atom stereocenters. The number of fused-ring (bicyclic) bond motifs is 3. The molecule has 2 aromatic carbocycles. The molecule has 0 fully saturated rings. The highest BCUT2D eigenvalue weighted by molar-refractivity contribution is 6.09. The lowest BCUT2D eigenvalue weighted by Gasteiger charge is -2.06. The van der Waals surface area contributed by atoms with Gasteiger partial charge in [-0.05, 0) is 22.9 Å². The number of benzene rings is 2. The van der Waals surface area contributed by atoms with Gasteiger partial charge in [-0.2, -0.15) is 0 Å². The number of hydrogen-bond donors (Lipinski definition) is 1. The normalized spacial score (nSPS) is 13.2. The zero-order valence-corrected chi connectivity index (χ0v) is 10.7. The molecule has 20 heavy (non-hydrogen) atoms. The number of ketones is 1. The quantitative estimate of drug-likeness (QED) is 0.724. The fourth-order valence-electron chi connectivity index (χ4n) is 2.70. The zero-order chi connectivity index (χ0) is 13.5. The van der Waals surface area contributed by atoms with Crippen molar-refractivity contribution >= 4 is 16.6 Å². The fourth-order valence-corrected chi connectivity index (χ4v) is 2.70. The summed E-state index contributed by atoms with van der Waals surface area (Å²) in [7, 11) is 0. The first-order valence-corrected chi connectivity index (χ1v) is 6.55. The molecule has 1 aliphatic heterocycles. The number of hydrogen-bond acceptors (Lipinski definition) is 3. The van der Waals surface area contributed by atoms with Crippen molar-refractivity contribution in [1.82, 2.24) is 9.97 Å². The maximum atomic E-state index is 12.3. The first kappa shape index (κ1) is 11.2. The van der Waals surface area contributed by atoms with E-state index in [2.05, 4.69) is 9.97 Å². The van der Waals surface area contributed by atoms with Gasteiger partial charge in [-0.3, -0.25) is 4.79 Å². The second-order valence-corrected chi connectivity index (χ2v) is 4.86. The molecule has 4 nitrogen and oxygen atoms in total. The largest absolute Gasteiger partial charge is 0.493 e. The minimum absolute atomic E-state index is 0.0649. The predicted octanol–water partition coefficient (Wildman–Crippen LogP) is 2.73. The second-order valence-electron chi connectivity index (χ2n) is 4.86. The van der Waals surface area contributed by atoms with E-state index in [1.54, 1.807) is 6.20 Å². The highest BCUT2D eigenvalue weighted by Gasteiger charge is 2.17. The molecule has 0 amide bonds. The molecule has 98 valence electrons. The third-order valence-electron chi connectivity index (χ3n) is 3.69. The minimum Gasteiger partial charge on any atom is -0.493 e. The highest BCUT2D eigenvalue weighted by atomic mass is 16.5. The summed E-state index contributed by atoms with van der Waals surface area (Å²) >= 11 is 0. The van der Waals surface area contributed by atoms with Crippen molar-refractivity contribution in [3.05, 3.63) is 59.7 Å². The van der Waals surface area contributed by atoms with Gasteiger partial charge in [0, 0.05) is 23.7 Å². The van der Waals surface area contributed by atoms with Crippen molar-refractivity contribution in [2.24, 2.45) is 0 Å². The number of ether oxygens (including phenoxy) is 1. The minimum atomic E-state index is -0.0649. The van der Waals surface area contributed by atoms with Crippen LogP contribution in [-0.2, 0) is 6.42 Å². The van der Waals surface area contributed by atoms with Crippen molar-refractivity contribution in [2.75, 3.05) is 6.61 Å². The van der Waals surface area contributed by atoms with Gasteiger partial charge in [-0.25, -0.2) is 4.98 Å². The summed E-state index contributed by atoms with van der Waals surface area (Å²) in [5.74, 6) is 0.897. The van der Waals surface area contributed by atoms with Crippen molar-refractivity contribution in [2.45, 2.75) is 6.42 Å². The SMILES string of the molecule is O=C(c1ccc2c3c(ccc2c1)OCC3)c1c[nH]cn1. The Hall–Kier alpha value is -2.62. The van der Waals surface area contributed by atoms with E-state index in [4.69, 9.17) is 4.74 Å². The number of carbonyl (C=O) groups is 1. The van der Waals surface area contributed by atoms with E-state index in [0.29, 0.717) is 11.3 Å². The van der Waals surface area contributed by atoms with Crippen molar-refractivity contribution < 1.29 is 9.53 Å². The Morgan fingerprint density at radius 1 is 1.25 bits per heavy atom. The van der Waals surface area contributed by atoms with Gasteiger partial charge in [0.05, 0.1) is 12.9 Å². The van der Waals surface area contributed by atoms with E-state index in [-0.39, 0.29) is 5.78 Å². The molecular weight excluding hydrogens is 252 g/mol. The Morgan fingerprint density at radius 3 is 3.05 bits per heavy atom. The highest BCUT2D eigenvalue weighted by Crippen LogP contribution is 2.33. The van der Waals surface area contributed by atoms with Gasteiger partial charge < -0.3 is 9.72 Å². The first-order valence-electron chi connectivity index (χ1n) is 6.55. The molecule has 2 heterocycles. The number of rotatable bonds is 2. The summed E-state index contributed by atoms with van der Waals surface area (Å²) in [6.45, 7) is 0.738. The molecule has 1 aromatic heterocycles. The van der Waals surface area contributed by atoms with Crippen LogP contribution in [0.15, 0.2) is 42.9 Å². The molecule has 0 radical (unpaired) electrons. The molecule has 0 aliphatic carbocycles. The van der Waals surface area contributed by atoms with Crippen LogP contribution in [0.2, 0.25) is 0 Å². The van der Waals surface area contributed by atoms with Crippen LogP contribution in [0.1, 0.15) is 21.6 Å². The van der Waals surface area contributed by atoms with Crippen LogP contribution in [0.4, 0.5) is 0 Å². The first-order chi connectivity index (χ1) is 9.83. The average molecular weight is 264 g/mol. The summed E-state index contributed by atoms with van der Waals surface area (Å²) in [5.41, 5.74) is 2.33. The summed E-state index contributed by atoms with van der Waals surface area (Å²) in [6, 6.07) is 9.76. The van der Waals surface area contributed by atoms with Crippen LogP contribution in [0.25, 0.3) is 10.8 Å². The topological polar surface area (TPSA) is 55.0 Å². The third kappa shape index (κ3) is 1.61. The molecule has 0 spiro atoms. The molecule has 3 aromatic rings. The van der Waals surface area contributed by atoms with Crippen molar-refractivity contribution in [3.63, 3.8) is 0 Å². The smallest absolute Gasteiger partial charge is 0.212 e. The van der Waals surface area contributed by atoms with E-state index in [1.807, 2.05) is 30.3 Å². The van der Waals surface area contributed by atoms with Crippen LogP contribution in [-0.4, -0.2) is 22.4 Å². The lowest BCUT2D eigenvalue weighted by atomic mass is 9.98. The fraction of sp³-hybridized carbons (Fsp3) is 0.125. The van der Waals surface area contributed by atoms with Crippen LogP contribution in [0.5, 0.6) is 5.75 Å². The van der Waals surface area contributed by atoms with Crippen LogP contribution < -0.4 is 4.74 Å². The second kappa shape index (κ2) is 4.20. The summed E-state index contributed by atoms with van der Waals surface area (Å²) < 4.78 is 5.56. The molecule has 0 bridgehead atoms. The maximum Gasteiger partial charge on any atom is 0.212 e. The Balaban J connectivity index is 1.84. The molecular formula is C16H12N2O2. The number of nitrogens with zero attached hydrogens (tertiary/aromatic N) is 1. The Morgan fingerprint density at radius 2 is 2.20 bits per heavy atom. The molecule has 4 rings (SSSR count). The zero-order valence-electron chi connectivity index (χ0n) is 10.7. The molecule has 0 saturated heterocycles. The summed E-state index contributed by atoms with van der Waals surface area (Å²) in [6.07, 6.45) is 4.06. The number of aromatic amines is 1. The molecule has 0 saturated carbocycles. The van der Waals surface area contributed by atoms with E-state index in [0.717, 1.165) is 24.2 Å². The van der Waals surface area contributed by atoms with Gasteiger partial charge >= 0.3 is 0 Å². The van der Waals surface area contributed by atoms with Crippen LogP contribution in [0.3, 0.4) is 0 Å². The number of aromatic nitrogens is 2. The van der Waals surface area contributed by atoms with E-state index >= 15 is 0 Å². The third-order valence-corrected chi connectivity index (χ3v) is 3.69. The van der Waals surface area contributed by atoms with Gasteiger partial charge in [-0.15, -0.1) is 0 Å². The molecule has 0 atom stereocenters. The van der Waals surface area contributed by atoms with Gasteiger partial charge in [-0.1, -0.05) is 18.2 Å². The standard InChI is InChI=1S/C16H12N2O2/c19-16(14-8-17-9-18-14)11-1-3-12-10(7-11)2-4-15-13(12)5-6-20-15/h1-4,7-9H,5-6H2,(H,17,18). The number of carbonyl (C=O) groups excluding carboxylic acids is 1. The predicted molar refractivity (Wildman–Crippen MR) is 75.2 cm³/mol. The summed E-state index contributed by atoms with van der Waals surface area (Å²) in [5, 5.41) is 2.23. The van der Waals surface area contributed by atoms with E-state index in [1.165, 1.54) is 17.3 Å². The Kier molecular flexibility index (Phi) is 2.36. The lowest BCUT2D eigenvalue weighted by molar-refractivity contribution is 0.103. The van der Waals surface area contributed by atoms with Crippen LogP contribution in [0, 0.1) is 0 Å². The molecule has 4 heteroatoms. The van der Waals surface area contributed by atoms with Gasteiger partial charge in [0.25, 0.3) is 0 Å². The average Bonchev–Trinajstić information content (AvgIpc) is 3.16. The maximum absolute atomic E-state index is 12.3. The molecule has 1 aliphatic rings. The van der Waals surface area contributed by atoms with Gasteiger partial charge in [0.1, 0.15) is 11.4 Å². The van der Waals surface area contributed by atoms with E-state index in [9.17, 15) is 4.79 Å². The number of H-pyrrole nitrogens is 1. The lowest BCUT2D eigenvalue weighted by Crippen LogP contribution is -2.01. The number of nitrogens with one attached hydrogen (secondary N) is 1. The van der Waals surface area contributed by atoms with E-state index < -0.39 is 0 Å². The Bertz CT molecular complexity index is 807. The van der Waals surface area contributed by atoms with Crippen LogP contribution >= 0.6 is 0 Å². The Labute approximate surface area is 115 Å². The van der Waals surface area contributed by atoms with Crippen molar-refractivity contribution in [3.8, 4) is 5.75 Å². The monoisotopic (exact) mass is 264 g/mol. The molecule has 1 N–H and O–H groups in total. The van der Waals surface area contributed by atoms with Crippen molar-refractivity contribution in [1.29, 1.82) is 0 Å². The summed E-state index contributed by atoms with van der Waals surface area (Å²) in [4.78, 5) is 19.1.